The first-order chi connectivity index (χ1) is 1.73. The molecule has 0 aliphatic rings. The van der Waals surface area contributed by atoms with Gasteiger partial charge in [-0.3, -0.25) is 0 Å². The van der Waals surface area contributed by atoms with Crippen molar-refractivity contribution in [2.24, 2.45) is 0 Å². The topological polar surface area (TPSA) is 54.4 Å². The quantitative estimate of drug-likeness (QED) is 0.539. The summed E-state index contributed by atoms with van der Waals surface area (Å²) in [7, 11) is 0. The molecule has 0 aliphatic heterocycles. The third-order valence-electron chi connectivity index (χ3n) is 0. The first-order valence-corrected chi connectivity index (χ1v) is 2.33. The summed E-state index contributed by atoms with van der Waals surface area (Å²) in [4.78, 5) is 0. The molecule has 0 fully saturated rings. The Morgan fingerprint density at radius 2 is 1.33 bits per heavy atom. The van der Waals surface area contributed by atoms with Crippen LogP contribution in [-0.2, 0) is 22.7 Å². The minimum atomic E-state index is -3.69. The van der Waals surface area contributed by atoms with E-state index in [4.69, 9.17) is 11.4 Å². The zero-order valence-corrected chi connectivity index (χ0v) is 7.31. The monoisotopic (exact) mass is 329 g/mol. The van der Waals surface area contributed by atoms with Gasteiger partial charge in [-0.25, -0.2) is 0 Å². The van der Waals surface area contributed by atoms with Crippen LogP contribution in [0.3, 0.4) is 0 Å². The zero-order valence-electron chi connectivity index (χ0n) is 2.29. The van der Waals surface area contributed by atoms with Gasteiger partial charge in [0, 0.05) is 35.6 Å². The van der Waals surface area contributed by atoms with Gasteiger partial charge in [0.15, 0.2) is 0 Å². The maximum absolute atomic E-state index is 8.67. The first kappa shape index (κ1) is 15.9. The first-order valence-electron chi connectivity index (χ1n) is 0.565. The van der Waals surface area contributed by atoms with E-state index in [0.29, 0.717) is 0 Å². The predicted molar refractivity (Wildman–Crippen MR) is 12.1 cm³/mol. The van der Waals surface area contributed by atoms with Gasteiger partial charge in [-0.2, -0.15) is 0 Å². The number of rotatable bonds is 0. The van der Waals surface area contributed by atoms with Crippen LogP contribution in [0.1, 0.15) is 0 Å². The molecule has 6 heteroatoms. The fourth-order valence-corrected chi connectivity index (χ4v) is 0. The fourth-order valence-electron chi connectivity index (χ4n) is 0. The van der Waals surface area contributed by atoms with Gasteiger partial charge in [0.2, 0.25) is 0 Å². The molecule has 0 aromatic carbocycles. The second-order valence-electron chi connectivity index (χ2n) is 0.238. The Kier molecular flexibility index (Phi) is 28.5. The Hall–Kier alpha value is 2.82. The second kappa shape index (κ2) is 10.7. The van der Waals surface area contributed by atoms with Crippen LogP contribution in [0.15, 0.2) is 0 Å². The molecule has 0 heterocycles. The van der Waals surface area contributed by atoms with Crippen LogP contribution in [0.2, 0.25) is 0 Å². The summed E-state index contributed by atoms with van der Waals surface area (Å²) >= 11 is -3.69. The minimum absolute atomic E-state index is 0. The van der Waals surface area contributed by atoms with Gasteiger partial charge in [0.25, 0.3) is 0 Å². The molecule has 0 atom stereocenters. The van der Waals surface area contributed by atoms with Crippen LogP contribution in [0.5, 0.6) is 0 Å². The van der Waals surface area contributed by atoms with Crippen LogP contribution >= 0.6 is 0 Å². The van der Waals surface area contributed by atoms with E-state index in [-0.39, 0.29) is 81.1 Å². The standard InChI is InChI=1S/La.H2O.2O.Sr.V.2H/h;1H2;;;;;;/q;;;;;+1;;/p-1. The molecule has 0 amide bonds. The average molecular weight is 328 g/mol. The third-order valence-corrected chi connectivity index (χ3v) is 0. The molecule has 0 aliphatic carbocycles. The van der Waals surface area contributed by atoms with E-state index in [9.17, 15) is 0 Å². The summed E-state index contributed by atoms with van der Waals surface area (Å²) in [6.07, 6.45) is 0. The van der Waals surface area contributed by atoms with Crippen molar-refractivity contribution in [2.75, 3.05) is 0 Å². The molecule has 1 N–H and O–H groups in total. The molecule has 0 unspecified atom stereocenters. The Morgan fingerprint density at radius 3 is 1.33 bits per heavy atom. The van der Waals surface area contributed by atoms with Crippen molar-refractivity contribution < 1.29 is 62.4 Å². The Bertz CT molecular complexity index is 59.2. The summed E-state index contributed by atoms with van der Waals surface area (Å²) in [6.45, 7) is 0. The van der Waals surface area contributed by atoms with Crippen molar-refractivity contribution in [1.29, 1.82) is 0 Å². The molecular weight excluding hydrogens is 325 g/mol. The van der Waals surface area contributed by atoms with Crippen LogP contribution in [0.25, 0.3) is 0 Å². The normalized spacial score (nSPS) is 4.17. The van der Waals surface area contributed by atoms with E-state index < -0.39 is 15.4 Å². The SMILES string of the molecule is [La].[O]=[V](=[O])[OH].[SrH2]. The summed E-state index contributed by atoms with van der Waals surface area (Å²) in [5.74, 6) is 0. The molecule has 0 saturated heterocycles. The number of hydrogen-bond acceptors (Lipinski definition) is 2. The molecule has 0 bridgehead atoms. The molecule has 31 valence electrons. The van der Waals surface area contributed by atoms with Crippen molar-refractivity contribution in [3.05, 3.63) is 0 Å². The Morgan fingerprint density at radius 1 is 1.33 bits per heavy atom. The van der Waals surface area contributed by atoms with Gasteiger partial charge >= 0.3 is 72.3 Å². The molecule has 6 heavy (non-hydrogen) atoms. The number of hydrogen-bond donors (Lipinski definition) is 1. The molecule has 0 rings (SSSR count). The van der Waals surface area contributed by atoms with Crippen molar-refractivity contribution in [1.82, 2.24) is 0 Å². The average Bonchev–Trinajstić information content (AvgIpc) is 0.811. The van der Waals surface area contributed by atoms with Crippen LogP contribution < -0.4 is 0 Å². The predicted octanol–water partition coefficient (Wildman–Crippen LogP) is -1.71. The van der Waals surface area contributed by atoms with Gasteiger partial charge < -0.3 is 0 Å². The molecule has 0 spiro atoms. The van der Waals surface area contributed by atoms with Gasteiger partial charge in [-0.1, -0.05) is 0 Å². The molecule has 3 nitrogen and oxygen atoms in total. The van der Waals surface area contributed by atoms with E-state index in [1.165, 1.54) is 0 Å². The van der Waals surface area contributed by atoms with Crippen LogP contribution in [0.4, 0.5) is 0 Å². The van der Waals surface area contributed by atoms with E-state index in [1.54, 1.807) is 0 Å². The zero-order chi connectivity index (χ0) is 3.58. The van der Waals surface area contributed by atoms with E-state index in [2.05, 4.69) is 0 Å². The Balaban J connectivity index is -0.0000000450. The molecule has 0 aromatic heterocycles. The van der Waals surface area contributed by atoms with E-state index >= 15 is 0 Å². The van der Waals surface area contributed by atoms with Crippen molar-refractivity contribution in [3.8, 4) is 0 Å². The van der Waals surface area contributed by atoms with Gasteiger partial charge in [-0.15, -0.1) is 0 Å². The van der Waals surface area contributed by atoms with Crippen LogP contribution in [-0.4, -0.2) is 49.5 Å². The Labute approximate surface area is 105 Å². The van der Waals surface area contributed by atoms with E-state index in [0.717, 1.165) is 0 Å². The molecular formula is H3LaO3SrV. The van der Waals surface area contributed by atoms with E-state index in [1.807, 2.05) is 0 Å². The van der Waals surface area contributed by atoms with Gasteiger partial charge in [-0.05, 0) is 0 Å². The molecule has 0 aromatic rings. The van der Waals surface area contributed by atoms with Crippen molar-refractivity contribution >= 4 is 45.5 Å². The second-order valence-corrected chi connectivity index (χ2v) is 0.981. The maximum atomic E-state index is 8.67. The summed E-state index contributed by atoms with van der Waals surface area (Å²) < 4.78 is 24.4. The van der Waals surface area contributed by atoms with Crippen molar-refractivity contribution in [3.63, 3.8) is 0 Å². The molecule has 0 saturated carbocycles. The van der Waals surface area contributed by atoms with Crippen molar-refractivity contribution in [2.45, 2.75) is 0 Å². The third kappa shape index (κ3) is 29.1. The summed E-state index contributed by atoms with van der Waals surface area (Å²) in [5, 5.41) is 0. The molecule has 1 radical (unpaired) electrons. The van der Waals surface area contributed by atoms with Crippen LogP contribution in [0, 0.1) is 35.6 Å². The van der Waals surface area contributed by atoms with Gasteiger partial charge in [0.1, 0.15) is 0 Å². The van der Waals surface area contributed by atoms with Gasteiger partial charge in [0.05, 0.1) is 0 Å². The fraction of sp³-hybridized carbons (Fsp3) is 0. The summed E-state index contributed by atoms with van der Waals surface area (Å²) in [5.41, 5.74) is 0. The summed E-state index contributed by atoms with van der Waals surface area (Å²) in [6, 6.07) is 0.